The number of anilines is 2. The fraction of sp³-hybridized carbons (Fsp3) is 0.381. The second kappa shape index (κ2) is 7.00. The molecule has 27 heavy (non-hydrogen) atoms. The summed E-state index contributed by atoms with van der Waals surface area (Å²) in [6, 6.07) is 12.4. The van der Waals surface area contributed by atoms with Gasteiger partial charge in [-0.2, -0.15) is 0 Å². The molecule has 0 saturated carbocycles. The molecule has 0 spiro atoms. The van der Waals surface area contributed by atoms with E-state index >= 15 is 0 Å². The number of nitrogens with zero attached hydrogens (tertiary/aromatic N) is 2. The van der Waals surface area contributed by atoms with Crippen LogP contribution < -0.4 is 9.21 Å². The van der Waals surface area contributed by atoms with Gasteiger partial charge in [0, 0.05) is 11.7 Å². The number of carbonyl (C=O) groups is 1. The molecule has 0 aliphatic carbocycles. The monoisotopic (exact) mass is 386 g/mol. The van der Waals surface area contributed by atoms with Crippen LogP contribution in [0.4, 0.5) is 11.4 Å². The van der Waals surface area contributed by atoms with E-state index in [4.69, 9.17) is 0 Å². The zero-order valence-corrected chi connectivity index (χ0v) is 17.2. The first-order valence-electron chi connectivity index (χ1n) is 9.09. The largest absolute Gasteiger partial charge is 0.307 e. The van der Waals surface area contributed by atoms with Crippen LogP contribution in [-0.4, -0.2) is 32.7 Å². The van der Waals surface area contributed by atoms with E-state index in [1.54, 1.807) is 17.9 Å². The minimum absolute atomic E-state index is 0.00138. The Morgan fingerprint density at radius 2 is 1.81 bits per heavy atom. The maximum absolute atomic E-state index is 13.4. The number of carbonyl (C=O) groups excluding carboxylic acids is 1. The standard InChI is InChI=1S/C21H26N2O3S/c1-14-10-11-19(12-15(14)2)23(27(5,25)26)17(4)21(24)22-16(3)13-18-8-6-7-9-20(18)22/h6-12,16-17H,13H2,1-5H3/t16-,17-/m0/s1. The lowest BCUT2D eigenvalue weighted by molar-refractivity contribution is -0.119. The van der Waals surface area contributed by atoms with Crippen molar-refractivity contribution in [3.8, 4) is 0 Å². The normalized spacial score (nSPS) is 17.5. The number of sulfonamides is 1. The van der Waals surface area contributed by atoms with Crippen molar-refractivity contribution in [2.45, 2.75) is 46.2 Å². The number of hydrogen-bond acceptors (Lipinski definition) is 3. The Hall–Kier alpha value is -2.34. The Bertz CT molecular complexity index is 985. The van der Waals surface area contributed by atoms with E-state index < -0.39 is 16.1 Å². The van der Waals surface area contributed by atoms with E-state index in [1.807, 2.05) is 57.2 Å². The molecule has 0 bridgehead atoms. The van der Waals surface area contributed by atoms with Gasteiger partial charge in [0.2, 0.25) is 10.0 Å². The molecule has 0 saturated heterocycles. The zero-order valence-electron chi connectivity index (χ0n) is 16.4. The molecule has 1 amide bonds. The van der Waals surface area contributed by atoms with Gasteiger partial charge in [0.25, 0.3) is 5.91 Å². The first-order valence-corrected chi connectivity index (χ1v) is 10.9. The topological polar surface area (TPSA) is 57.7 Å². The van der Waals surface area contributed by atoms with Crippen LogP contribution in [0.5, 0.6) is 0 Å². The van der Waals surface area contributed by atoms with Crippen molar-refractivity contribution >= 4 is 27.3 Å². The third-order valence-corrected chi connectivity index (χ3v) is 6.50. The Balaban J connectivity index is 2.01. The van der Waals surface area contributed by atoms with Crippen molar-refractivity contribution < 1.29 is 13.2 Å². The van der Waals surface area contributed by atoms with Crippen molar-refractivity contribution in [2.75, 3.05) is 15.5 Å². The number of benzene rings is 2. The van der Waals surface area contributed by atoms with Crippen molar-refractivity contribution in [3.63, 3.8) is 0 Å². The van der Waals surface area contributed by atoms with Crippen molar-refractivity contribution in [1.82, 2.24) is 0 Å². The zero-order chi connectivity index (χ0) is 19.9. The molecule has 1 aliphatic heterocycles. The maximum Gasteiger partial charge on any atom is 0.250 e. The highest BCUT2D eigenvalue weighted by atomic mass is 32.2. The summed E-state index contributed by atoms with van der Waals surface area (Å²) >= 11 is 0. The second-order valence-corrected chi connectivity index (χ2v) is 9.25. The highest BCUT2D eigenvalue weighted by Crippen LogP contribution is 2.34. The quantitative estimate of drug-likeness (QED) is 0.809. The lowest BCUT2D eigenvalue weighted by atomic mass is 10.1. The Kier molecular flexibility index (Phi) is 5.04. The Labute approximate surface area is 161 Å². The molecule has 2 aromatic carbocycles. The van der Waals surface area contributed by atoms with Crippen LogP contribution in [0.1, 0.15) is 30.5 Å². The molecule has 2 atom stereocenters. The number of hydrogen-bond donors (Lipinski definition) is 0. The third kappa shape index (κ3) is 3.58. The van der Waals surface area contributed by atoms with Gasteiger partial charge in [-0.05, 0) is 69.0 Å². The van der Waals surface area contributed by atoms with E-state index in [9.17, 15) is 13.2 Å². The Morgan fingerprint density at radius 3 is 2.44 bits per heavy atom. The molecule has 3 rings (SSSR count). The highest BCUT2D eigenvalue weighted by Gasteiger charge is 2.37. The molecule has 1 heterocycles. The van der Waals surface area contributed by atoms with Gasteiger partial charge in [0.1, 0.15) is 6.04 Å². The van der Waals surface area contributed by atoms with Gasteiger partial charge in [-0.25, -0.2) is 8.42 Å². The molecule has 0 fully saturated rings. The molecule has 6 heteroatoms. The molecule has 5 nitrogen and oxygen atoms in total. The van der Waals surface area contributed by atoms with Crippen LogP contribution in [-0.2, 0) is 21.2 Å². The van der Waals surface area contributed by atoms with Crippen molar-refractivity contribution in [3.05, 3.63) is 59.2 Å². The summed E-state index contributed by atoms with van der Waals surface area (Å²) in [5.74, 6) is -0.212. The molecule has 144 valence electrons. The summed E-state index contributed by atoms with van der Waals surface area (Å²) in [6.45, 7) is 7.56. The van der Waals surface area contributed by atoms with E-state index in [0.29, 0.717) is 5.69 Å². The fourth-order valence-corrected chi connectivity index (χ4v) is 4.93. The van der Waals surface area contributed by atoms with Gasteiger partial charge in [-0.1, -0.05) is 24.3 Å². The number of rotatable bonds is 4. The highest BCUT2D eigenvalue weighted by molar-refractivity contribution is 7.92. The van der Waals surface area contributed by atoms with E-state index in [0.717, 1.165) is 35.1 Å². The van der Waals surface area contributed by atoms with Gasteiger partial charge in [-0.3, -0.25) is 9.10 Å². The molecule has 0 unspecified atom stereocenters. The predicted octanol–water partition coefficient (Wildman–Crippen LogP) is 3.44. The van der Waals surface area contributed by atoms with Gasteiger partial charge in [0.15, 0.2) is 0 Å². The van der Waals surface area contributed by atoms with Crippen LogP contribution in [0, 0.1) is 13.8 Å². The minimum atomic E-state index is -3.63. The number of fused-ring (bicyclic) bond motifs is 1. The van der Waals surface area contributed by atoms with Crippen molar-refractivity contribution in [1.29, 1.82) is 0 Å². The summed E-state index contributed by atoms with van der Waals surface area (Å²) in [6.07, 6.45) is 1.92. The van der Waals surface area contributed by atoms with Gasteiger partial charge < -0.3 is 4.90 Å². The third-order valence-electron chi connectivity index (χ3n) is 5.26. The predicted molar refractivity (Wildman–Crippen MR) is 110 cm³/mol. The first-order chi connectivity index (χ1) is 12.6. The van der Waals surface area contributed by atoms with Gasteiger partial charge in [-0.15, -0.1) is 0 Å². The van der Waals surface area contributed by atoms with Crippen LogP contribution >= 0.6 is 0 Å². The summed E-state index contributed by atoms with van der Waals surface area (Å²) in [7, 11) is -3.63. The van der Waals surface area contributed by atoms with E-state index in [2.05, 4.69) is 0 Å². The Morgan fingerprint density at radius 1 is 1.15 bits per heavy atom. The number of amides is 1. The van der Waals surface area contributed by atoms with Crippen LogP contribution in [0.15, 0.2) is 42.5 Å². The molecule has 0 aromatic heterocycles. The average molecular weight is 387 g/mol. The molecule has 1 aliphatic rings. The SMILES string of the molecule is Cc1ccc(N([C@@H](C)C(=O)N2c3ccccc3C[C@@H]2C)S(C)(=O)=O)cc1C. The average Bonchev–Trinajstić information content (AvgIpc) is 2.92. The summed E-state index contributed by atoms with van der Waals surface area (Å²) in [4.78, 5) is 15.1. The number of aryl methyl sites for hydroxylation is 2. The van der Waals surface area contributed by atoms with E-state index in [1.165, 1.54) is 4.31 Å². The molecule has 2 aromatic rings. The second-order valence-electron chi connectivity index (χ2n) is 7.39. The fourth-order valence-electron chi connectivity index (χ4n) is 3.77. The van der Waals surface area contributed by atoms with Crippen molar-refractivity contribution in [2.24, 2.45) is 0 Å². The molecule has 0 radical (unpaired) electrons. The summed E-state index contributed by atoms with van der Waals surface area (Å²) < 4.78 is 26.4. The molecular weight excluding hydrogens is 360 g/mol. The molecule has 0 N–H and O–H groups in total. The van der Waals surface area contributed by atoms with Gasteiger partial charge >= 0.3 is 0 Å². The van der Waals surface area contributed by atoms with Crippen LogP contribution in [0.2, 0.25) is 0 Å². The van der Waals surface area contributed by atoms with Crippen LogP contribution in [0.25, 0.3) is 0 Å². The first kappa shape index (κ1) is 19.4. The maximum atomic E-state index is 13.4. The lowest BCUT2D eigenvalue weighted by Crippen LogP contribution is -2.51. The summed E-state index contributed by atoms with van der Waals surface area (Å²) in [5.41, 5.74) is 4.56. The number of para-hydroxylation sites is 1. The summed E-state index contributed by atoms with van der Waals surface area (Å²) in [5, 5.41) is 0. The van der Waals surface area contributed by atoms with Gasteiger partial charge in [0.05, 0.1) is 11.9 Å². The minimum Gasteiger partial charge on any atom is -0.307 e. The molecular formula is C21H26N2O3S. The smallest absolute Gasteiger partial charge is 0.250 e. The van der Waals surface area contributed by atoms with E-state index in [-0.39, 0.29) is 11.9 Å². The lowest BCUT2D eigenvalue weighted by Gasteiger charge is -2.33. The van der Waals surface area contributed by atoms with Crippen LogP contribution in [0.3, 0.4) is 0 Å².